The van der Waals surface area contributed by atoms with Gasteiger partial charge >= 0.3 is 0 Å². The van der Waals surface area contributed by atoms with E-state index >= 15 is 0 Å². The molecule has 0 bridgehead atoms. The quantitative estimate of drug-likeness (QED) is 0.0301. The first-order valence-electron chi connectivity index (χ1n) is 32.7. The molecule has 1 amide bonds. The molecule has 0 spiro atoms. The fourth-order valence-corrected chi connectivity index (χ4v) is 11.4. The average molecular weight is 1210 g/mol. The van der Waals surface area contributed by atoms with E-state index in [1.165, 1.54) is 122 Å². The molecule has 14 N–H and O–H groups in total. The number of nitrogens with one attached hydrogen (secondary N) is 1. The summed E-state index contributed by atoms with van der Waals surface area (Å²) in [5, 5.41) is 143. The minimum atomic E-state index is -2.39. The smallest absolute Gasteiger partial charge is 0.257 e. The lowest BCUT2D eigenvalue weighted by Gasteiger charge is -2.49. The summed E-state index contributed by atoms with van der Waals surface area (Å²) in [6, 6.07) is -1.63. The van der Waals surface area contributed by atoms with Crippen molar-refractivity contribution in [2.75, 3.05) is 19.8 Å². The minimum Gasteiger partial charge on any atom is -0.394 e. The molecule has 0 saturated carbocycles. The Balaban J connectivity index is 1.63. The zero-order chi connectivity index (χ0) is 62.0. The van der Waals surface area contributed by atoms with Crippen molar-refractivity contribution in [2.45, 2.75) is 356 Å². The SMILES string of the molecule is CCCCCCCCCCCCCCCCCCCCCC[C@@H](O)C(=O)[C@@H](O)C(=O)N[C@@H](CO[C@@H]1O[C@H](CO)[C@@H](O[C@@H]2O[C@H](CO)[C@H](O)[C@H](O)[C@H]2O)[C@H](O[C@H]2O[C@H](C)[C@H](O)[C@H](O)[C@H]2O)[C@H]1O)[C@H](O)[C@H](O)CCCCCCCCCCCC(C)C. The Bertz CT molecular complexity index is 1670. The third kappa shape index (κ3) is 27.6. The molecule has 0 aromatic carbocycles. The van der Waals surface area contributed by atoms with Gasteiger partial charge < -0.3 is 100 Å². The number of Topliss-reactive ketones (excluding diaryl/α,β-unsaturated/α-hetero) is 1. The number of carbonyl (C=O) groups excluding carboxylic acids is 2. The van der Waals surface area contributed by atoms with Crippen LogP contribution in [0.2, 0.25) is 0 Å². The molecule has 20 atom stereocenters. The highest BCUT2D eigenvalue weighted by atomic mass is 16.8. The molecule has 0 aliphatic carbocycles. The molecule has 22 heteroatoms. The molecule has 3 rings (SSSR count). The number of hydrogen-bond acceptors (Lipinski definition) is 21. The Kier molecular flexibility index (Phi) is 40.1. The van der Waals surface area contributed by atoms with Gasteiger partial charge in [-0.05, 0) is 25.7 Å². The fourth-order valence-electron chi connectivity index (χ4n) is 11.4. The Morgan fingerprint density at radius 1 is 0.464 bits per heavy atom. The second kappa shape index (κ2) is 43.9. The number of ether oxygens (including phenoxy) is 6. The molecule has 0 aromatic heterocycles. The van der Waals surface area contributed by atoms with Crippen LogP contribution in [-0.2, 0) is 38.0 Å². The van der Waals surface area contributed by atoms with Gasteiger partial charge in [0.25, 0.3) is 5.91 Å². The zero-order valence-corrected chi connectivity index (χ0v) is 51.5. The number of hydrogen-bond donors (Lipinski definition) is 14. The Morgan fingerprint density at radius 3 is 1.33 bits per heavy atom. The Labute approximate surface area is 501 Å². The van der Waals surface area contributed by atoms with E-state index < -0.39 is 154 Å². The van der Waals surface area contributed by atoms with Crippen molar-refractivity contribution in [3.63, 3.8) is 0 Å². The van der Waals surface area contributed by atoms with Crippen LogP contribution in [0.25, 0.3) is 0 Å². The molecule has 496 valence electrons. The van der Waals surface area contributed by atoms with Gasteiger partial charge in [0.15, 0.2) is 30.8 Å². The Morgan fingerprint density at radius 2 is 0.869 bits per heavy atom. The maximum absolute atomic E-state index is 13.6. The summed E-state index contributed by atoms with van der Waals surface area (Å²) in [5.74, 6) is -1.80. The maximum atomic E-state index is 13.6. The van der Waals surface area contributed by atoms with E-state index in [-0.39, 0.29) is 12.8 Å². The molecular formula is C62H117NO21. The summed E-state index contributed by atoms with van der Waals surface area (Å²) < 4.78 is 34.9. The molecule has 3 aliphatic rings. The van der Waals surface area contributed by atoms with Gasteiger partial charge in [0.1, 0.15) is 79.4 Å². The number of carbonyl (C=O) groups is 2. The van der Waals surface area contributed by atoms with Gasteiger partial charge in [0, 0.05) is 0 Å². The number of rotatable bonds is 48. The van der Waals surface area contributed by atoms with E-state index in [0.29, 0.717) is 18.8 Å². The van der Waals surface area contributed by atoms with Gasteiger partial charge in [-0.3, -0.25) is 9.59 Å². The highest BCUT2D eigenvalue weighted by Crippen LogP contribution is 2.34. The van der Waals surface area contributed by atoms with Crippen LogP contribution in [-0.4, -0.2) is 220 Å². The summed E-state index contributed by atoms with van der Waals surface area (Å²) in [7, 11) is 0. The van der Waals surface area contributed by atoms with Gasteiger partial charge in [-0.1, -0.05) is 213 Å². The molecule has 0 unspecified atom stereocenters. The highest BCUT2D eigenvalue weighted by Gasteiger charge is 2.54. The molecule has 3 fully saturated rings. The lowest BCUT2D eigenvalue weighted by Crippen LogP contribution is -2.67. The van der Waals surface area contributed by atoms with Crippen LogP contribution in [0.4, 0.5) is 0 Å². The van der Waals surface area contributed by atoms with Crippen LogP contribution in [0, 0.1) is 5.92 Å². The van der Waals surface area contributed by atoms with Gasteiger partial charge in [0.05, 0.1) is 38.1 Å². The van der Waals surface area contributed by atoms with Gasteiger partial charge in [0.2, 0.25) is 0 Å². The van der Waals surface area contributed by atoms with Crippen molar-refractivity contribution in [1.29, 1.82) is 0 Å². The summed E-state index contributed by atoms with van der Waals surface area (Å²) in [6.07, 6.45) is 0.262. The number of aliphatic hydroxyl groups is 13. The standard InChI is InChI=1S/C62H117NO21/c1-5-6-7-8-9-10-11-12-13-14-15-16-17-18-19-20-23-27-30-33-36-44(67)49(70)53(74)59(78)63-42(48(69)43(66)35-32-29-26-24-21-22-25-28-31-34-40(2)3)39-79-60-56(77)58(84-61-54(75)51(72)47(68)41(4)80-61)57(46(38-65)82-60)83-62-55(76)52(73)50(71)45(37-64)81-62/h40-48,50-58,60-62,64-69,71-77H,5-39H2,1-4H3,(H,63,78)/t41-,42+,43-,44-,45-,46-,47+,48+,50+,51+,52+,53-,54-,55-,56-,57-,58-,60-,61-,62+/m1/s1. The van der Waals surface area contributed by atoms with Crippen molar-refractivity contribution in [3.05, 3.63) is 0 Å². The lowest BCUT2D eigenvalue weighted by atomic mass is 9.96. The molecule has 0 aromatic rings. The van der Waals surface area contributed by atoms with Crippen LogP contribution >= 0.6 is 0 Å². The third-order valence-corrected chi connectivity index (χ3v) is 17.1. The molecule has 3 saturated heterocycles. The largest absolute Gasteiger partial charge is 0.394 e. The lowest BCUT2D eigenvalue weighted by molar-refractivity contribution is -0.386. The first-order valence-corrected chi connectivity index (χ1v) is 32.7. The molecule has 84 heavy (non-hydrogen) atoms. The summed E-state index contributed by atoms with van der Waals surface area (Å²) >= 11 is 0. The van der Waals surface area contributed by atoms with Crippen LogP contribution < -0.4 is 5.32 Å². The number of amides is 1. The van der Waals surface area contributed by atoms with Crippen LogP contribution in [0.3, 0.4) is 0 Å². The van der Waals surface area contributed by atoms with Gasteiger partial charge in [-0.15, -0.1) is 0 Å². The molecule has 0 radical (unpaired) electrons. The highest BCUT2D eigenvalue weighted by molar-refractivity contribution is 6.05. The number of ketones is 1. The predicted molar refractivity (Wildman–Crippen MR) is 313 cm³/mol. The van der Waals surface area contributed by atoms with E-state index in [4.69, 9.17) is 28.4 Å². The minimum absolute atomic E-state index is 0.00293. The summed E-state index contributed by atoms with van der Waals surface area (Å²) in [5.41, 5.74) is 0. The first kappa shape index (κ1) is 76.6. The second-order valence-corrected chi connectivity index (χ2v) is 24.8. The number of aliphatic hydroxyl groups excluding tert-OH is 13. The molecular weight excluding hydrogens is 1090 g/mol. The zero-order valence-electron chi connectivity index (χ0n) is 51.5. The topological polar surface area (TPSA) is 365 Å². The van der Waals surface area contributed by atoms with E-state index in [2.05, 4.69) is 26.1 Å². The molecule has 3 heterocycles. The third-order valence-electron chi connectivity index (χ3n) is 17.1. The second-order valence-electron chi connectivity index (χ2n) is 24.8. The van der Waals surface area contributed by atoms with Crippen molar-refractivity contribution in [3.8, 4) is 0 Å². The van der Waals surface area contributed by atoms with Crippen LogP contribution in [0.15, 0.2) is 0 Å². The van der Waals surface area contributed by atoms with Crippen molar-refractivity contribution in [1.82, 2.24) is 5.32 Å². The van der Waals surface area contributed by atoms with E-state index in [1.54, 1.807) is 0 Å². The summed E-state index contributed by atoms with van der Waals surface area (Å²) in [6.45, 7) is 5.46. The van der Waals surface area contributed by atoms with Gasteiger partial charge in [-0.2, -0.15) is 0 Å². The molecule has 3 aliphatic heterocycles. The van der Waals surface area contributed by atoms with Crippen molar-refractivity contribution < 1.29 is 104 Å². The average Bonchev–Trinajstić information content (AvgIpc) is 3.59. The van der Waals surface area contributed by atoms with Gasteiger partial charge in [-0.25, -0.2) is 0 Å². The van der Waals surface area contributed by atoms with Crippen molar-refractivity contribution in [2.24, 2.45) is 5.92 Å². The summed E-state index contributed by atoms with van der Waals surface area (Å²) in [4.78, 5) is 26.9. The molecule has 22 nitrogen and oxygen atoms in total. The monoisotopic (exact) mass is 1210 g/mol. The van der Waals surface area contributed by atoms with Crippen LogP contribution in [0.5, 0.6) is 0 Å². The fraction of sp³-hybridized carbons (Fsp3) is 0.968. The van der Waals surface area contributed by atoms with Crippen molar-refractivity contribution >= 4 is 11.7 Å². The maximum Gasteiger partial charge on any atom is 0.257 e. The van der Waals surface area contributed by atoms with E-state index in [1.807, 2.05) is 0 Å². The normalized spacial score (nSPS) is 30.3. The van der Waals surface area contributed by atoms with E-state index in [9.17, 15) is 76.0 Å². The first-order chi connectivity index (χ1) is 40.3. The predicted octanol–water partition coefficient (Wildman–Crippen LogP) is 4.14. The Hall–Kier alpha value is -1.62. The van der Waals surface area contributed by atoms with E-state index in [0.717, 1.165) is 64.2 Å². The van der Waals surface area contributed by atoms with Crippen LogP contribution in [0.1, 0.15) is 233 Å². The number of unbranched alkanes of at least 4 members (excludes halogenated alkanes) is 27.